The molecule has 0 aromatic carbocycles. The third kappa shape index (κ3) is 8.81. The first-order valence-corrected chi connectivity index (χ1v) is 9.73. The van der Waals surface area contributed by atoms with Crippen LogP contribution >= 0.6 is 24.0 Å². The Kier molecular flexibility index (Phi) is 11.9. The van der Waals surface area contributed by atoms with Crippen LogP contribution in [0.4, 0.5) is 0 Å². The van der Waals surface area contributed by atoms with Gasteiger partial charge in [-0.3, -0.25) is 9.79 Å². The predicted octanol–water partition coefficient (Wildman–Crippen LogP) is 3.77. The zero-order valence-electron chi connectivity index (χ0n) is 16.5. The first-order valence-electron chi connectivity index (χ1n) is 9.73. The molecule has 0 aliphatic heterocycles. The van der Waals surface area contributed by atoms with Crippen LogP contribution in [0.25, 0.3) is 0 Å². The van der Waals surface area contributed by atoms with E-state index in [9.17, 15) is 4.79 Å². The molecule has 2 rings (SSSR count). The van der Waals surface area contributed by atoms with E-state index in [0.29, 0.717) is 18.8 Å². The maximum absolute atomic E-state index is 11.9. The lowest BCUT2D eigenvalue weighted by atomic mass is 9.97. The van der Waals surface area contributed by atoms with Crippen LogP contribution in [0, 0.1) is 6.92 Å². The highest BCUT2D eigenvalue weighted by molar-refractivity contribution is 14.0. The Hall–Kier alpha value is -1.51. The van der Waals surface area contributed by atoms with E-state index in [1.807, 2.05) is 6.92 Å². The van der Waals surface area contributed by atoms with Crippen LogP contribution in [-0.4, -0.2) is 38.0 Å². The summed E-state index contributed by atoms with van der Waals surface area (Å²) in [6, 6.07) is 1.79. The van der Waals surface area contributed by atoms with Gasteiger partial charge in [-0.2, -0.15) is 0 Å². The van der Waals surface area contributed by atoms with Gasteiger partial charge in [0.2, 0.25) is 0 Å². The number of furan rings is 1. The van der Waals surface area contributed by atoms with Crippen LogP contribution in [0.2, 0.25) is 0 Å². The molecule has 0 saturated carbocycles. The topological polar surface area (TPSA) is 78.7 Å². The van der Waals surface area contributed by atoms with Gasteiger partial charge in [0.15, 0.2) is 11.7 Å². The van der Waals surface area contributed by atoms with Gasteiger partial charge in [-0.25, -0.2) is 0 Å². The van der Waals surface area contributed by atoms with Gasteiger partial charge < -0.3 is 20.4 Å². The molecule has 0 saturated heterocycles. The number of nitrogens with zero attached hydrogens (tertiary/aromatic N) is 1. The van der Waals surface area contributed by atoms with Crippen molar-refractivity contribution in [1.29, 1.82) is 0 Å². The number of aryl methyl sites for hydroxylation is 1. The van der Waals surface area contributed by atoms with Crippen LogP contribution < -0.4 is 16.0 Å². The van der Waals surface area contributed by atoms with Crippen LogP contribution in [-0.2, 0) is 0 Å². The lowest BCUT2D eigenvalue weighted by molar-refractivity contribution is 0.0925. The molecule has 0 radical (unpaired) electrons. The van der Waals surface area contributed by atoms with Gasteiger partial charge in [0.1, 0.15) is 0 Å². The summed E-state index contributed by atoms with van der Waals surface area (Å²) in [5, 5.41) is 9.53. The first kappa shape index (κ1) is 23.5. The normalized spacial score (nSPS) is 14.1. The highest BCUT2D eigenvalue weighted by Gasteiger charge is 2.11. The molecule has 27 heavy (non-hydrogen) atoms. The number of aliphatic imine (C=N–C) groups is 1. The van der Waals surface area contributed by atoms with Crippen molar-refractivity contribution in [2.75, 3.05) is 26.2 Å². The molecular formula is C20H33IN4O2. The Balaban J connectivity index is 0.00000364. The summed E-state index contributed by atoms with van der Waals surface area (Å²) >= 11 is 0. The molecule has 0 bridgehead atoms. The third-order valence-electron chi connectivity index (χ3n) is 4.43. The molecular weight excluding hydrogens is 455 g/mol. The Morgan fingerprint density at radius 2 is 2.07 bits per heavy atom. The number of hydrogen-bond donors (Lipinski definition) is 3. The molecule has 1 heterocycles. The Labute approximate surface area is 179 Å². The summed E-state index contributed by atoms with van der Waals surface area (Å²) < 4.78 is 5.18. The molecule has 1 aromatic rings. The average molecular weight is 488 g/mol. The van der Waals surface area contributed by atoms with Crippen LogP contribution in [0.1, 0.15) is 61.6 Å². The predicted molar refractivity (Wildman–Crippen MR) is 121 cm³/mol. The van der Waals surface area contributed by atoms with Crippen molar-refractivity contribution in [3.8, 4) is 0 Å². The molecule has 0 spiro atoms. The number of carbonyl (C=O) groups excluding carboxylic acids is 1. The van der Waals surface area contributed by atoms with Crippen LogP contribution in [0.5, 0.6) is 0 Å². The minimum Gasteiger partial charge on any atom is -0.459 e. The lowest BCUT2D eigenvalue weighted by Gasteiger charge is -2.15. The second-order valence-corrected chi connectivity index (χ2v) is 6.59. The second kappa shape index (κ2) is 13.6. The summed E-state index contributed by atoms with van der Waals surface area (Å²) in [6.07, 6.45) is 10.9. The highest BCUT2D eigenvalue weighted by Crippen LogP contribution is 2.19. The number of guanidine groups is 1. The fourth-order valence-corrected chi connectivity index (χ4v) is 2.97. The van der Waals surface area contributed by atoms with E-state index >= 15 is 0 Å². The number of carbonyl (C=O) groups is 1. The zero-order valence-corrected chi connectivity index (χ0v) is 18.8. The summed E-state index contributed by atoms with van der Waals surface area (Å²) in [5.41, 5.74) is 2.42. The standard InChI is InChI=1S/C20H32N4O2.HI/c1-3-21-20(24-14-10-17-8-5-4-6-9-17)23-13-7-12-22-19(25)18-16(2)11-15-26-18;/h8,11,15H,3-7,9-10,12-14H2,1-2H3,(H,22,25)(H2,21,23,24);1H. The third-order valence-corrected chi connectivity index (χ3v) is 4.43. The number of amides is 1. The first-order chi connectivity index (χ1) is 12.7. The van der Waals surface area contributed by atoms with Crippen molar-refractivity contribution in [2.24, 2.45) is 4.99 Å². The largest absolute Gasteiger partial charge is 0.459 e. The van der Waals surface area contributed by atoms with Crippen molar-refractivity contribution in [3.63, 3.8) is 0 Å². The average Bonchev–Trinajstić information content (AvgIpc) is 3.08. The van der Waals surface area contributed by atoms with E-state index < -0.39 is 0 Å². The summed E-state index contributed by atoms with van der Waals surface area (Å²) in [4.78, 5) is 16.5. The Morgan fingerprint density at radius 3 is 2.74 bits per heavy atom. The van der Waals surface area contributed by atoms with Crippen molar-refractivity contribution in [3.05, 3.63) is 35.3 Å². The van der Waals surface area contributed by atoms with E-state index in [1.54, 1.807) is 11.6 Å². The van der Waals surface area contributed by atoms with Gasteiger partial charge in [0.25, 0.3) is 5.91 Å². The molecule has 0 unspecified atom stereocenters. The monoisotopic (exact) mass is 488 g/mol. The van der Waals surface area contributed by atoms with Crippen molar-refractivity contribution in [1.82, 2.24) is 16.0 Å². The van der Waals surface area contributed by atoms with Crippen LogP contribution in [0.3, 0.4) is 0 Å². The number of allylic oxidation sites excluding steroid dienone is 1. The minimum absolute atomic E-state index is 0. The maximum atomic E-state index is 11.9. The van der Waals surface area contributed by atoms with E-state index in [2.05, 4.69) is 33.9 Å². The van der Waals surface area contributed by atoms with Crippen molar-refractivity contribution in [2.45, 2.75) is 52.4 Å². The number of rotatable bonds is 9. The van der Waals surface area contributed by atoms with Gasteiger partial charge in [0.05, 0.1) is 6.26 Å². The van der Waals surface area contributed by atoms with Crippen molar-refractivity contribution >= 4 is 35.8 Å². The lowest BCUT2D eigenvalue weighted by Crippen LogP contribution is -2.38. The quantitative estimate of drug-likeness (QED) is 0.163. The smallest absolute Gasteiger partial charge is 0.287 e. The molecule has 1 aliphatic rings. The molecule has 1 aliphatic carbocycles. The molecule has 152 valence electrons. The molecule has 6 nitrogen and oxygen atoms in total. The van der Waals surface area contributed by atoms with Gasteiger partial charge in [-0.1, -0.05) is 11.6 Å². The Morgan fingerprint density at radius 1 is 1.22 bits per heavy atom. The Bertz CT molecular complexity index is 625. The maximum Gasteiger partial charge on any atom is 0.287 e. The minimum atomic E-state index is -0.165. The van der Waals surface area contributed by atoms with E-state index in [-0.39, 0.29) is 29.9 Å². The summed E-state index contributed by atoms with van der Waals surface area (Å²) in [6.45, 7) is 6.91. The molecule has 1 amide bonds. The van der Waals surface area contributed by atoms with Gasteiger partial charge in [-0.05, 0) is 58.4 Å². The van der Waals surface area contributed by atoms with Crippen molar-refractivity contribution < 1.29 is 9.21 Å². The summed E-state index contributed by atoms with van der Waals surface area (Å²) in [7, 11) is 0. The van der Waals surface area contributed by atoms with Gasteiger partial charge in [0, 0.05) is 31.7 Å². The molecule has 3 N–H and O–H groups in total. The number of hydrogen-bond acceptors (Lipinski definition) is 3. The molecule has 1 aromatic heterocycles. The molecule has 7 heteroatoms. The summed E-state index contributed by atoms with van der Waals surface area (Å²) in [5.74, 6) is 1.07. The molecule has 0 atom stereocenters. The van der Waals surface area contributed by atoms with E-state index in [1.165, 1.54) is 31.9 Å². The highest BCUT2D eigenvalue weighted by atomic mass is 127. The fraction of sp³-hybridized carbons (Fsp3) is 0.600. The van der Waals surface area contributed by atoms with E-state index in [0.717, 1.165) is 37.5 Å². The molecule has 0 fully saturated rings. The van der Waals surface area contributed by atoms with Gasteiger partial charge in [-0.15, -0.1) is 24.0 Å². The zero-order chi connectivity index (χ0) is 18.6. The number of nitrogens with one attached hydrogen (secondary N) is 3. The second-order valence-electron chi connectivity index (χ2n) is 6.59. The van der Waals surface area contributed by atoms with Gasteiger partial charge >= 0.3 is 0 Å². The SMILES string of the molecule is CCNC(=NCCCNC(=O)c1occc1C)NCCC1=CCCCC1.I. The van der Waals surface area contributed by atoms with E-state index in [4.69, 9.17) is 4.42 Å². The number of halogens is 1. The van der Waals surface area contributed by atoms with Crippen LogP contribution in [0.15, 0.2) is 33.4 Å². The fourth-order valence-electron chi connectivity index (χ4n) is 2.97.